The van der Waals surface area contributed by atoms with Gasteiger partial charge in [-0.25, -0.2) is 0 Å². The zero-order valence-corrected chi connectivity index (χ0v) is 11.8. The number of likely N-dealkylation sites (tertiary alicyclic amines) is 1. The van der Waals surface area contributed by atoms with Gasteiger partial charge in [-0.3, -0.25) is 4.90 Å². The van der Waals surface area contributed by atoms with Gasteiger partial charge in [-0.1, -0.05) is 6.92 Å². The molecule has 4 heteroatoms. The molecule has 19 heavy (non-hydrogen) atoms. The highest BCUT2D eigenvalue weighted by atomic mass is 15.2. The van der Waals surface area contributed by atoms with Gasteiger partial charge >= 0.3 is 0 Å². The minimum atomic E-state index is 0.597. The van der Waals surface area contributed by atoms with Gasteiger partial charge in [-0.15, -0.1) is 0 Å². The molecule has 2 N–H and O–H groups in total. The molecule has 0 bridgehead atoms. The summed E-state index contributed by atoms with van der Waals surface area (Å²) in [7, 11) is 2.05. The quantitative estimate of drug-likeness (QED) is 0.840. The highest BCUT2D eigenvalue weighted by Gasteiger charge is 2.24. The lowest BCUT2D eigenvalue weighted by Gasteiger charge is -2.29. The summed E-state index contributed by atoms with van der Waals surface area (Å²) >= 11 is 0. The number of nitriles is 1. The zero-order chi connectivity index (χ0) is 13.8. The van der Waals surface area contributed by atoms with Gasteiger partial charge in [0, 0.05) is 19.6 Å². The SMILES string of the molecule is CCN1CCCC1CN(C)c1cc(C#N)ccc1N. The molecule has 0 radical (unpaired) electrons. The van der Waals surface area contributed by atoms with Crippen molar-refractivity contribution >= 4 is 11.4 Å². The molecular weight excluding hydrogens is 236 g/mol. The molecule has 4 nitrogen and oxygen atoms in total. The van der Waals surface area contributed by atoms with Crippen molar-refractivity contribution in [3.63, 3.8) is 0 Å². The van der Waals surface area contributed by atoms with Gasteiger partial charge in [-0.05, 0) is 44.1 Å². The molecule has 1 heterocycles. The lowest BCUT2D eigenvalue weighted by atomic mass is 10.1. The van der Waals surface area contributed by atoms with Crippen molar-refractivity contribution in [2.45, 2.75) is 25.8 Å². The first kappa shape index (κ1) is 13.7. The van der Waals surface area contributed by atoms with Crippen LogP contribution in [0, 0.1) is 11.3 Å². The van der Waals surface area contributed by atoms with Crippen molar-refractivity contribution < 1.29 is 0 Å². The third-order valence-corrected chi connectivity index (χ3v) is 3.96. The van der Waals surface area contributed by atoms with Crippen molar-refractivity contribution in [2.75, 3.05) is 37.3 Å². The molecule has 1 aromatic rings. The maximum Gasteiger partial charge on any atom is 0.0992 e. The molecule has 0 spiro atoms. The van der Waals surface area contributed by atoms with Crippen molar-refractivity contribution in [1.82, 2.24) is 4.90 Å². The summed E-state index contributed by atoms with van der Waals surface area (Å²) in [5.41, 5.74) is 8.38. The van der Waals surface area contributed by atoms with E-state index in [0.29, 0.717) is 11.6 Å². The normalized spacial score (nSPS) is 19.3. The number of nitrogens with two attached hydrogens (primary N) is 1. The molecule has 1 unspecified atom stereocenters. The Morgan fingerprint density at radius 1 is 1.53 bits per heavy atom. The van der Waals surface area contributed by atoms with Crippen LogP contribution in [0.4, 0.5) is 11.4 Å². The predicted molar refractivity (Wildman–Crippen MR) is 79.1 cm³/mol. The maximum absolute atomic E-state index is 8.98. The Hall–Kier alpha value is -1.73. The van der Waals surface area contributed by atoms with Crippen molar-refractivity contribution in [3.05, 3.63) is 23.8 Å². The topological polar surface area (TPSA) is 56.3 Å². The van der Waals surface area contributed by atoms with Gasteiger partial charge in [0.05, 0.1) is 23.0 Å². The van der Waals surface area contributed by atoms with E-state index in [-0.39, 0.29) is 0 Å². The van der Waals surface area contributed by atoms with E-state index < -0.39 is 0 Å². The van der Waals surface area contributed by atoms with Gasteiger partial charge in [0.15, 0.2) is 0 Å². The summed E-state index contributed by atoms with van der Waals surface area (Å²) in [4.78, 5) is 4.69. The van der Waals surface area contributed by atoms with Gasteiger partial charge < -0.3 is 10.6 Å². The van der Waals surface area contributed by atoms with Crippen LogP contribution in [0.3, 0.4) is 0 Å². The molecule has 1 aromatic carbocycles. The number of nitrogens with zero attached hydrogens (tertiary/aromatic N) is 3. The molecule has 0 amide bonds. The summed E-state index contributed by atoms with van der Waals surface area (Å²) in [5, 5.41) is 8.98. The first-order valence-electron chi connectivity index (χ1n) is 6.90. The smallest absolute Gasteiger partial charge is 0.0992 e. The fourth-order valence-corrected chi connectivity index (χ4v) is 2.88. The maximum atomic E-state index is 8.98. The number of rotatable bonds is 4. The third kappa shape index (κ3) is 2.99. The van der Waals surface area contributed by atoms with Gasteiger partial charge in [0.25, 0.3) is 0 Å². The average molecular weight is 258 g/mol. The summed E-state index contributed by atoms with van der Waals surface area (Å²) in [6.45, 7) is 5.48. The second-order valence-electron chi connectivity index (χ2n) is 5.19. The van der Waals surface area contributed by atoms with E-state index in [1.165, 1.54) is 19.4 Å². The number of hydrogen-bond acceptors (Lipinski definition) is 4. The van der Waals surface area contributed by atoms with Gasteiger partial charge in [-0.2, -0.15) is 5.26 Å². The van der Waals surface area contributed by atoms with Crippen LogP contribution in [0.2, 0.25) is 0 Å². The molecule has 1 aliphatic rings. The van der Waals surface area contributed by atoms with E-state index in [1.54, 1.807) is 6.07 Å². The molecule has 1 fully saturated rings. The molecule has 0 aromatic heterocycles. The highest BCUT2D eigenvalue weighted by molar-refractivity contribution is 5.69. The number of hydrogen-bond donors (Lipinski definition) is 1. The van der Waals surface area contributed by atoms with E-state index >= 15 is 0 Å². The van der Waals surface area contributed by atoms with Crippen LogP contribution in [0.5, 0.6) is 0 Å². The van der Waals surface area contributed by atoms with E-state index in [2.05, 4.69) is 29.8 Å². The van der Waals surface area contributed by atoms with Crippen molar-refractivity contribution in [3.8, 4) is 6.07 Å². The summed E-state index contributed by atoms with van der Waals surface area (Å²) in [5.74, 6) is 0. The molecule has 0 saturated carbocycles. The van der Waals surface area contributed by atoms with Crippen LogP contribution in [-0.2, 0) is 0 Å². The van der Waals surface area contributed by atoms with E-state index in [9.17, 15) is 0 Å². The molecule has 1 saturated heterocycles. The number of benzene rings is 1. The highest BCUT2D eigenvalue weighted by Crippen LogP contribution is 2.26. The average Bonchev–Trinajstić information content (AvgIpc) is 2.86. The van der Waals surface area contributed by atoms with E-state index in [4.69, 9.17) is 11.0 Å². The predicted octanol–water partition coefficient (Wildman–Crippen LogP) is 2.06. The van der Waals surface area contributed by atoms with Gasteiger partial charge in [0.1, 0.15) is 0 Å². The minimum Gasteiger partial charge on any atom is -0.397 e. The molecule has 0 aliphatic carbocycles. The van der Waals surface area contributed by atoms with Crippen molar-refractivity contribution in [1.29, 1.82) is 5.26 Å². The van der Waals surface area contributed by atoms with E-state index in [1.807, 2.05) is 12.1 Å². The van der Waals surface area contributed by atoms with Gasteiger partial charge in [0.2, 0.25) is 0 Å². The Labute approximate surface area is 115 Å². The minimum absolute atomic E-state index is 0.597. The molecule has 2 rings (SSSR count). The number of likely N-dealkylation sites (N-methyl/N-ethyl adjacent to an activating group) is 2. The Morgan fingerprint density at radius 2 is 2.32 bits per heavy atom. The summed E-state index contributed by atoms with van der Waals surface area (Å²) in [6.07, 6.45) is 2.52. The summed E-state index contributed by atoms with van der Waals surface area (Å²) < 4.78 is 0. The summed E-state index contributed by atoms with van der Waals surface area (Å²) in [6, 6.07) is 8.22. The standard InChI is InChI=1S/C15H22N4/c1-3-19-8-4-5-13(19)11-18(2)15-9-12(10-16)6-7-14(15)17/h6-7,9,13H,3-5,8,11,17H2,1-2H3. The van der Waals surface area contributed by atoms with Crippen LogP contribution in [0.15, 0.2) is 18.2 Å². The van der Waals surface area contributed by atoms with Crippen LogP contribution < -0.4 is 10.6 Å². The molecular formula is C15H22N4. The van der Waals surface area contributed by atoms with Crippen LogP contribution in [0.25, 0.3) is 0 Å². The first-order chi connectivity index (χ1) is 9.15. The first-order valence-corrected chi connectivity index (χ1v) is 6.90. The second kappa shape index (κ2) is 5.94. The fourth-order valence-electron chi connectivity index (χ4n) is 2.88. The van der Waals surface area contributed by atoms with Crippen LogP contribution in [0.1, 0.15) is 25.3 Å². The monoisotopic (exact) mass is 258 g/mol. The number of nitrogen functional groups attached to an aromatic ring is 1. The van der Waals surface area contributed by atoms with Crippen LogP contribution in [-0.4, -0.2) is 37.6 Å². The molecule has 1 atom stereocenters. The Balaban J connectivity index is 2.11. The largest absolute Gasteiger partial charge is 0.397 e. The Kier molecular flexibility index (Phi) is 4.28. The van der Waals surface area contributed by atoms with Crippen molar-refractivity contribution in [2.24, 2.45) is 0 Å². The Morgan fingerprint density at radius 3 is 3.00 bits per heavy atom. The fraction of sp³-hybridized carbons (Fsp3) is 0.533. The lowest BCUT2D eigenvalue weighted by molar-refractivity contribution is 0.270. The molecule has 1 aliphatic heterocycles. The molecule has 102 valence electrons. The Bertz CT molecular complexity index is 478. The zero-order valence-electron chi connectivity index (χ0n) is 11.8. The van der Waals surface area contributed by atoms with Crippen LogP contribution >= 0.6 is 0 Å². The third-order valence-electron chi connectivity index (χ3n) is 3.96. The van der Waals surface area contributed by atoms with E-state index in [0.717, 1.165) is 24.5 Å². The second-order valence-corrected chi connectivity index (χ2v) is 5.19. The lowest BCUT2D eigenvalue weighted by Crippen LogP contribution is -2.39. The number of anilines is 2.